The normalized spacial score (nSPS) is 26.9. The minimum absolute atomic E-state index is 0.175. The lowest BCUT2D eigenvalue weighted by Crippen LogP contribution is -2.59. The third-order valence-electron chi connectivity index (χ3n) is 4.54. The van der Waals surface area contributed by atoms with Crippen molar-refractivity contribution in [3.05, 3.63) is 0 Å². The largest absolute Gasteiger partial charge is 0.304 e. The van der Waals surface area contributed by atoms with Gasteiger partial charge in [0.25, 0.3) is 0 Å². The zero-order valence-electron chi connectivity index (χ0n) is 11.9. The van der Waals surface area contributed by atoms with Crippen LogP contribution in [0.3, 0.4) is 0 Å². The summed E-state index contributed by atoms with van der Waals surface area (Å²) in [6, 6.07) is 2.65. The average Bonchev–Trinajstić information content (AvgIpc) is 2.41. The number of nitrogens with zero attached hydrogens (tertiary/aromatic N) is 4. The molecule has 0 aromatic rings. The molecule has 18 heavy (non-hydrogen) atoms. The first kappa shape index (κ1) is 13.8. The summed E-state index contributed by atoms with van der Waals surface area (Å²) >= 11 is 0. The van der Waals surface area contributed by atoms with Crippen LogP contribution in [0, 0.1) is 11.3 Å². The van der Waals surface area contributed by atoms with Crippen molar-refractivity contribution in [2.75, 3.05) is 52.9 Å². The van der Waals surface area contributed by atoms with Gasteiger partial charge in [0.15, 0.2) is 0 Å². The maximum atomic E-state index is 9.65. The molecule has 2 aliphatic heterocycles. The van der Waals surface area contributed by atoms with E-state index in [4.69, 9.17) is 0 Å². The van der Waals surface area contributed by atoms with Gasteiger partial charge in [0, 0.05) is 39.3 Å². The number of likely N-dealkylation sites (N-methyl/N-ethyl adjacent to an activating group) is 1. The van der Waals surface area contributed by atoms with Crippen LogP contribution in [0.4, 0.5) is 0 Å². The molecule has 102 valence electrons. The highest BCUT2D eigenvalue weighted by Crippen LogP contribution is 2.29. The molecule has 0 aliphatic carbocycles. The second-order valence-corrected chi connectivity index (χ2v) is 5.78. The van der Waals surface area contributed by atoms with Gasteiger partial charge >= 0.3 is 0 Å². The molecule has 2 heterocycles. The maximum absolute atomic E-state index is 9.65. The van der Waals surface area contributed by atoms with Gasteiger partial charge in [-0.15, -0.1) is 0 Å². The molecule has 2 aliphatic rings. The molecule has 0 radical (unpaired) electrons. The zero-order valence-corrected chi connectivity index (χ0v) is 11.9. The van der Waals surface area contributed by atoms with Crippen LogP contribution in [0.15, 0.2) is 0 Å². The predicted molar refractivity (Wildman–Crippen MR) is 73.4 cm³/mol. The molecular weight excluding hydrogens is 224 g/mol. The summed E-state index contributed by atoms with van der Waals surface area (Å²) in [6.45, 7) is 9.90. The highest BCUT2D eigenvalue weighted by molar-refractivity contribution is 5.11. The Morgan fingerprint density at radius 3 is 2.17 bits per heavy atom. The lowest BCUT2D eigenvalue weighted by molar-refractivity contribution is 0.0279. The third-order valence-corrected chi connectivity index (χ3v) is 4.54. The second-order valence-electron chi connectivity index (χ2n) is 5.78. The smallest absolute Gasteiger partial charge is 0.111 e. The molecule has 0 bridgehead atoms. The summed E-state index contributed by atoms with van der Waals surface area (Å²) in [5.74, 6) is 0. The van der Waals surface area contributed by atoms with E-state index in [0.717, 1.165) is 52.1 Å². The summed E-state index contributed by atoms with van der Waals surface area (Å²) in [5.41, 5.74) is -0.175. The Morgan fingerprint density at radius 1 is 1.06 bits per heavy atom. The van der Waals surface area contributed by atoms with Gasteiger partial charge in [-0.1, -0.05) is 6.92 Å². The lowest BCUT2D eigenvalue weighted by atomic mass is 9.86. The highest BCUT2D eigenvalue weighted by atomic mass is 15.3. The van der Waals surface area contributed by atoms with Crippen molar-refractivity contribution in [3.63, 3.8) is 0 Å². The fourth-order valence-electron chi connectivity index (χ4n) is 3.20. The van der Waals surface area contributed by atoms with E-state index in [1.54, 1.807) is 0 Å². The number of likely N-dealkylation sites (tertiary alicyclic amines) is 1. The molecule has 2 rings (SSSR count). The van der Waals surface area contributed by atoms with E-state index < -0.39 is 0 Å². The van der Waals surface area contributed by atoms with E-state index in [1.165, 1.54) is 13.0 Å². The molecule has 0 unspecified atom stereocenters. The van der Waals surface area contributed by atoms with Gasteiger partial charge in [0.1, 0.15) is 5.54 Å². The zero-order chi connectivity index (χ0) is 13.0. The standard InChI is InChI=1S/C14H26N4/c1-3-6-17-7-4-14(13-15,5-8-17)18-11-9-16(2)10-12-18/h3-12H2,1-2H3. The summed E-state index contributed by atoms with van der Waals surface area (Å²) < 4.78 is 0. The average molecular weight is 250 g/mol. The monoisotopic (exact) mass is 250 g/mol. The van der Waals surface area contributed by atoms with Crippen molar-refractivity contribution in [1.29, 1.82) is 5.26 Å². The van der Waals surface area contributed by atoms with E-state index in [2.05, 4.69) is 34.7 Å². The third kappa shape index (κ3) is 2.85. The quantitative estimate of drug-likeness (QED) is 0.748. The van der Waals surface area contributed by atoms with Crippen LogP contribution in [0.25, 0.3) is 0 Å². The van der Waals surface area contributed by atoms with Gasteiger partial charge in [0.05, 0.1) is 6.07 Å². The van der Waals surface area contributed by atoms with Gasteiger partial charge < -0.3 is 9.80 Å². The molecule has 0 amide bonds. The van der Waals surface area contributed by atoms with E-state index in [-0.39, 0.29) is 5.54 Å². The van der Waals surface area contributed by atoms with Crippen LogP contribution < -0.4 is 0 Å². The molecule has 0 atom stereocenters. The fourth-order valence-corrected chi connectivity index (χ4v) is 3.20. The van der Waals surface area contributed by atoms with Gasteiger partial charge in [0.2, 0.25) is 0 Å². The van der Waals surface area contributed by atoms with Gasteiger partial charge in [-0.2, -0.15) is 5.26 Å². The SMILES string of the molecule is CCCN1CCC(C#N)(N2CCN(C)CC2)CC1. The van der Waals surface area contributed by atoms with E-state index in [0.29, 0.717) is 0 Å². The molecular formula is C14H26N4. The predicted octanol–water partition coefficient (Wildman–Crippen LogP) is 1.00. The van der Waals surface area contributed by atoms with Gasteiger partial charge in [-0.05, 0) is 32.9 Å². The number of nitriles is 1. The summed E-state index contributed by atoms with van der Waals surface area (Å²) in [4.78, 5) is 7.30. The van der Waals surface area contributed by atoms with Crippen molar-refractivity contribution in [2.45, 2.75) is 31.7 Å². The molecule has 0 aromatic heterocycles. The summed E-state index contributed by atoms with van der Waals surface area (Å²) in [5, 5.41) is 9.65. The number of piperidine rings is 1. The molecule has 4 nitrogen and oxygen atoms in total. The number of hydrogen-bond acceptors (Lipinski definition) is 4. The Morgan fingerprint density at radius 2 is 1.67 bits per heavy atom. The Bertz CT molecular complexity index is 293. The fraction of sp³-hybridized carbons (Fsp3) is 0.929. The Hall–Kier alpha value is -0.630. The minimum atomic E-state index is -0.175. The Labute approximate surface area is 111 Å². The van der Waals surface area contributed by atoms with Crippen LogP contribution in [0.1, 0.15) is 26.2 Å². The Balaban J connectivity index is 1.94. The second kappa shape index (κ2) is 6.01. The van der Waals surface area contributed by atoms with E-state index in [9.17, 15) is 5.26 Å². The van der Waals surface area contributed by atoms with Crippen molar-refractivity contribution < 1.29 is 0 Å². The first-order valence-electron chi connectivity index (χ1n) is 7.27. The number of piperazine rings is 1. The number of hydrogen-bond donors (Lipinski definition) is 0. The van der Waals surface area contributed by atoms with Crippen LogP contribution in [0.5, 0.6) is 0 Å². The van der Waals surface area contributed by atoms with E-state index in [1.807, 2.05) is 0 Å². The van der Waals surface area contributed by atoms with Crippen molar-refractivity contribution in [1.82, 2.24) is 14.7 Å². The molecule has 2 saturated heterocycles. The topological polar surface area (TPSA) is 33.5 Å². The molecule has 0 saturated carbocycles. The summed E-state index contributed by atoms with van der Waals surface area (Å²) in [6.07, 6.45) is 3.26. The van der Waals surface area contributed by atoms with Crippen LogP contribution >= 0.6 is 0 Å². The van der Waals surface area contributed by atoms with Crippen LogP contribution in [0.2, 0.25) is 0 Å². The minimum Gasteiger partial charge on any atom is -0.304 e. The van der Waals surface area contributed by atoms with Crippen molar-refractivity contribution >= 4 is 0 Å². The molecule has 0 spiro atoms. The summed E-state index contributed by atoms with van der Waals surface area (Å²) in [7, 11) is 2.17. The number of rotatable bonds is 3. The van der Waals surface area contributed by atoms with Crippen LogP contribution in [-0.2, 0) is 0 Å². The molecule has 2 fully saturated rings. The highest BCUT2D eigenvalue weighted by Gasteiger charge is 2.40. The van der Waals surface area contributed by atoms with Crippen molar-refractivity contribution in [3.8, 4) is 6.07 Å². The van der Waals surface area contributed by atoms with E-state index >= 15 is 0 Å². The van der Waals surface area contributed by atoms with Crippen LogP contribution in [-0.4, -0.2) is 73.1 Å². The first-order valence-corrected chi connectivity index (χ1v) is 7.27. The Kier molecular flexibility index (Phi) is 4.60. The van der Waals surface area contributed by atoms with Crippen molar-refractivity contribution in [2.24, 2.45) is 0 Å². The molecule has 0 aromatic carbocycles. The van der Waals surface area contributed by atoms with Gasteiger partial charge in [-0.25, -0.2) is 0 Å². The van der Waals surface area contributed by atoms with Gasteiger partial charge in [-0.3, -0.25) is 4.90 Å². The maximum Gasteiger partial charge on any atom is 0.111 e. The lowest BCUT2D eigenvalue weighted by Gasteiger charge is -2.47. The first-order chi connectivity index (χ1) is 8.70. The molecule has 0 N–H and O–H groups in total. The molecule has 4 heteroatoms.